The molecule has 0 amide bonds. The third kappa shape index (κ3) is 4.55. The fourth-order valence-corrected chi connectivity index (χ4v) is 3.36. The summed E-state index contributed by atoms with van der Waals surface area (Å²) in [6.07, 6.45) is 7.42. The van der Waals surface area contributed by atoms with Gasteiger partial charge in [-0.3, -0.25) is 0 Å². The van der Waals surface area contributed by atoms with Gasteiger partial charge in [-0.15, -0.1) is 0 Å². The van der Waals surface area contributed by atoms with Gasteiger partial charge in [0, 0.05) is 11.6 Å². The Labute approximate surface area is 128 Å². The molecule has 1 fully saturated rings. The molecule has 1 aliphatic rings. The molecule has 0 N–H and O–H groups in total. The number of aromatic nitrogens is 1. The van der Waals surface area contributed by atoms with E-state index in [9.17, 15) is 4.79 Å². The number of nitrogens with zero attached hydrogens (tertiary/aromatic N) is 1. The smallest absolute Gasteiger partial charge is 0.372 e. The summed E-state index contributed by atoms with van der Waals surface area (Å²) in [6, 6.07) is 3.99. The number of rotatable bonds is 4. The Balaban J connectivity index is 1.96. The van der Waals surface area contributed by atoms with Crippen molar-refractivity contribution in [3.05, 3.63) is 30.1 Å². The van der Waals surface area contributed by atoms with Crippen LogP contribution in [0.4, 0.5) is 0 Å². The van der Waals surface area contributed by atoms with Crippen LogP contribution in [0.2, 0.25) is 0 Å². The number of hydrogen-bond donors (Lipinski definition) is 0. The second-order valence-corrected chi connectivity index (χ2v) is 6.91. The van der Waals surface area contributed by atoms with Crippen molar-refractivity contribution in [1.82, 2.24) is 0 Å². The van der Waals surface area contributed by atoms with Gasteiger partial charge in [-0.05, 0) is 43.6 Å². The van der Waals surface area contributed by atoms with E-state index in [0.717, 1.165) is 12.0 Å². The van der Waals surface area contributed by atoms with Crippen LogP contribution in [0.1, 0.15) is 45.6 Å². The zero-order valence-electron chi connectivity index (χ0n) is 13.7. The molecule has 0 spiro atoms. The van der Waals surface area contributed by atoms with Crippen LogP contribution in [-0.4, -0.2) is 12.1 Å². The van der Waals surface area contributed by atoms with Crippen LogP contribution in [0.3, 0.4) is 0 Å². The summed E-state index contributed by atoms with van der Waals surface area (Å²) >= 11 is 0. The lowest BCUT2D eigenvalue weighted by Crippen LogP contribution is -2.42. The number of aryl methyl sites for hydroxylation is 1. The van der Waals surface area contributed by atoms with Gasteiger partial charge in [0.05, 0.1) is 0 Å². The Hall–Kier alpha value is -1.38. The van der Waals surface area contributed by atoms with Gasteiger partial charge in [0.25, 0.3) is 0 Å². The van der Waals surface area contributed by atoms with Crippen molar-refractivity contribution in [2.24, 2.45) is 17.8 Å². The van der Waals surface area contributed by atoms with Gasteiger partial charge < -0.3 is 4.74 Å². The van der Waals surface area contributed by atoms with Crippen LogP contribution in [-0.2, 0) is 16.1 Å². The minimum absolute atomic E-state index is 0.0895. The van der Waals surface area contributed by atoms with Crippen molar-refractivity contribution in [3.63, 3.8) is 0 Å². The van der Waals surface area contributed by atoms with E-state index in [4.69, 9.17) is 4.74 Å². The van der Waals surface area contributed by atoms with Gasteiger partial charge in [0.2, 0.25) is 6.54 Å². The number of ether oxygens (including phenoxy) is 1. The molecule has 0 saturated heterocycles. The molecule has 0 bridgehead atoms. The molecule has 3 atom stereocenters. The molecule has 3 nitrogen and oxygen atoms in total. The molecule has 0 aromatic carbocycles. The molecular formula is C18H28NO2+. The topological polar surface area (TPSA) is 30.2 Å². The molecule has 0 aliphatic heterocycles. The predicted octanol–water partition coefficient (Wildman–Crippen LogP) is 3.29. The Morgan fingerprint density at radius 2 is 2.19 bits per heavy atom. The highest BCUT2D eigenvalue weighted by atomic mass is 16.5. The summed E-state index contributed by atoms with van der Waals surface area (Å²) < 4.78 is 7.72. The third-order valence-electron chi connectivity index (χ3n) is 4.56. The quantitative estimate of drug-likeness (QED) is 0.629. The van der Waals surface area contributed by atoms with Crippen molar-refractivity contribution in [1.29, 1.82) is 0 Å². The summed E-state index contributed by atoms with van der Waals surface area (Å²) in [4.78, 5) is 12.2. The van der Waals surface area contributed by atoms with E-state index in [1.165, 1.54) is 12.8 Å². The highest BCUT2D eigenvalue weighted by molar-refractivity contribution is 5.67. The lowest BCUT2D eigenvalue weighted by Gasteiger charge is -2.36. The maximum Gasteiger partial charge on any atom is 0.372 e. The summed E-state index contributed by atoms with van der Waals surface area (Å²) in [6.45, 7) is 9.05. The minimum atomic E-state index is -0.115. The first kappa shape index (κ1) is 16.0. The van der Waals surface area contributed by atoms with Gasteiger partial charge >= 0.3 is 5.97 Å². The number of carbonyl (C=O) groups excluding carboxylic acids is 1. The number of esters is 1. The van der Waals surface area contributed by atoms with E-state index in [0.29, 0.717) is 24.3 Å². The number of carbonyl (C=O) groups is 1. The second kappa shape index (κ2) is 7.06. The first-order valence-corrected chi connectivity index (χ1v) is 8.11. The van der Waals surface area contributed by atoms with E-state index in [1.54, 1.807) is 0 Å². The monoisotopic (exact) mass is 290 g/mol. The normalized spacial score (nSPS) is 25.9. The van der Waals surface area contributed by atoms with Crippen LogP contribution in [0.15, 0.2) is 24.5 Å². The largest absolute Gasteiger partial charge is 0.457 e. The molecule has 1 aromatic rings. The molecule has 1 aliphatic carbocycles. The summed E-state index contributed by atoms with van der Waals surface area (Å²) in [5, 5.41) is 0. The molecule has 116 valence electrons. The highest BCUT2D eigenvalue weighted by Crippen LogP contribution is 2.35. The zero-order valence-corrected chi connectivity index (χ0v) is 13.7. The molecule has 1 heterocycles. The maximum absolute atomic E-state index is 12.2. The SMILES string of the molecule is Cc1ccc[n+](CC(=O)O[C@H]2C[C@@H](C)CC[C@@H]2C(C)C)c1. The second-order valence-electron chi connectivity index (χ2n) is 6.91. The zero-order chi connectivity index (χ0) is 15.4. The van der Waals surface area contributed by atoms with Crippen molar-refractivity contribution in [2.45, 2.75) is 59.6 Å². The van der Waals surface area contributed by atoms with Gasteiger partial charge in [-0.25, -0.2) is 4.79 Å². The summed E-state index contributed by atoms with van der Waals surface area (Å²) in [7, 11) is 0. The van der Waals surface area contributed by atoms with Crippen LogP contribution in [0, 0.1) is 24.7 Å². The highest BCUT2D eigenvalue weighted by Gasteiger charge is 2.33. The Morgan fingerprint density at radius 1 is 1.43 bits per heavy atom. The van der Waals surface area contributed by atoms with Crippen LogP contribution in [0.25, 0.3) is 0 Å². The average molecular weight is 290 g/mol. The lowest BCUT2D eigenvalue weighted by molar-refractivity contribution is -0.686. The van der Waals surface area contributed by atoms with Crippen LogP contribution < -0.4 is 4.57 Å². The van der Waals surface area contributed by atoms with Crippen LogP contribution in [0.5, 0.6) is 0 Å². The lowest BCUT2D eigenvalue weighted by atomic mass is 9.75. The predicted molar refractivity (Wildman–Crippen MR) is 82.6 cm³/mol. The van der Waals surface area contributed by atoms with Gasteiger partial charge in [0.1, 0.15) is 6.10 Å². The Kier molecular flexibility index (Phi) is 5.38. The molecular weight excluding hydrogens is 262 g/mol. The Bertz CT molecular complexity index is 484. The molecule has 3 heteroatoms. The van der Waals surface area contributed by atoms with E-state index < -0.39 is 0 Å². The van der Waals surface area contributed by atoms with Gasteiger partial charge in [-0.1, -0.05) is 27.2 Å². The number of hydrogen-bond acceptors (Lipinski definition) is 2. The minimum Gasteiger partial charge on any atom is -0.457 e. The summed E-state index contributed by atoms with van der Waals surface area (Å²) in [5.41, 5.74) is 1.15. The van der Waals surface area contributed by atoms with Crippen molar-refractivity contribution in [2.75, 3.05) is 0 Å². The van der Waals surface area contributed by atoms with E-state index in [-0.39, 0.29) is 12.1 Å². The first-order chi connectivity index (χ1) is 9.95. The number of pyridine rings is 1. The fourth-order valence-electron chi connectivity index (χ4n) is 3.36. The van der Waals surface area contributed by atoms with Crippen molar-refractivity contribution in [3.8, 4) is 0 Å². The van der Waals surface area contributed by atoms with Crippen LogP contribution >= 0.6 is 0 Å². The molecule has 0 radical (unpaired) electrons. The average Bonchev–Trinajstić information content (AvgIpc) is 2.38. The first-order valence-electron chi connectivity index (χ1n) is 8.11. The summed E-state index contributed by atoms with van der Waals surface area (Å²) in [5.74, 6) is 1.62. The third-order valence-corrected chi connectivity index (χ3v) is 4.56. The van der Waals surface area contributed by atoms with E-state index >= 15 is 0 Å². The van der Waals surface area contributed by atoms with Crippen molar-refractivity contribution >= 4 is 5.97 Å². The van der Waals surface area contributed by atoms with Gasteiger partial charge in [0.15, 0.2) is 12.4 Å². The van der Waals surface area contributed by atoms with Gasteiger partial charge in [-0.2, -0.15) is 4.57 Å². The molecule has 1 aromatic heterocycles. The molecule has 0 unspecified atom stereocenters. The molecule has 2 rings (SSSR count). The van der Waals surface area contributed by atoms with E-state index in [1.807, 2.05) is 36.0 Å². The molecule has 21 heavy (non-hydrogen) atoms. The standard InChI is InChI=1S/C18H28NO2/c1-13(2)16-8-7-14(3)10-17(16)21-18(20)12-19-9-5-6-15(4)11-19/h5-6,9,11,13-14,16-17H,7-8,10,12H2,1-4H3/q+1/t14-,16+,17-/m0/s1. The van der Waals surface area contributed by atoms with Crippen molar-refractivity contribution < 1.29 is 14.1 Å². The maximum atomic E-state index is 12.2. The fraction of sp³-hybridized carbons (Fsp3) is 0.667. The molecule has 1 saturated carbocycles. The Morgan fingerprint density at radius 3 is 2.86 bits per heavy atom. The van der Waals surface area contributed by atoms with E-state index in [2.05, 4.69) is 20.8 Å².